The van der Waals surface area contributed by atoms with E-state index in [1.54, 1.807) is 10.8 Å². The number of hydrogen-bond donors (Lipinski definition) is 0. The highest BCUT2D eigenvalue weighted by Gasteiger charge is 2.30. The summed E-state index contributed by atoms with van der Waals surface area (Å²) in [7, 11) is -2.83. The van der Waals surface area contributed by atoms with Crippen molar-refractivity contribution in [2.75, 3.05) is 6.61 Å². The van der Waals surface area contributed by atoms with E-state index >= 15 is 0 Å². The monoisotopic (exact) mass is 436 g/mol. The highest BCUT2D eigenvalue weighted by atomic mass is 35.5. The van der Waals surface area contributed by atoms with E-state index in [2.05, 4.69) is 62.4 Å². The van der Waals surface area contributed by atoms with Crippen LogP contribution in [0.2, 0.25) is 49.0 Å². The molecule has 8 heteroatoms. The van der Waals surface area contributed by atoms with Crippen LogP contribution in [0.1, 0.15) is 42.4 Å². The van der Waals surface area contributed by atoms with E-state index in [0.717, 1.165) is 24.2 Å². The number of fused-ring (bicyclic) bond motifs is 1. The van der Waals surface area contributed by atoms with Gasteiger partial charge in [0.1, 0.15) is 20.0 Å². The summed E-state index contributed by atoms with van der Waals surface area (Å²) in [4.78, 5) is 12.4. The van der Waals surface area contributed by atoms with Crippen molar-refractivity contribution >= 4 is 39.9 Å². The molecule has 0 N–H and O–H groups in total. The molecule has 0 aromatic carbocycles. The van der Waals surface area contributed by atoms with E-state index in [4.69, 9.17) is 16.3 Å². The van der Waals surface area contributed by atoms with E-state index in [0.29, 0.717) is 28.6 Å². The van der Waals surface area contributed by atoms with Crippen LogP contribution in [0.25, 0.3) is 0 Å². The smallest absolute Gasteiger partial charge is 0.298 e. The number of ether oxygens (including phenoxy) is 1. The maximum Gasteiger partial charge on any atom is 0.298 e. The van der Waals surface area contributed by atoms with Crippen molar-refractivity contribution in [1.29, 1.82) is 0 Å². The molecular weight excluding hydrogens is 406 g/mol. The van der Waals surface area contributed by atoms with Gasteiger partial charge in [-0.1, -0.05) is 57.9 Å². The molecule has 2 rings (SSSR count). The number of amides is 1. The average Bonchev–Trinajstić information content (AvgIpc) is 2.92. The Labute approximate surface area is 175 Å². The lowest BCUT2D eigenvalue weighted by Gasteiger charge is -2.20. The molecule has 0 atom stereocenters. The lowest BCUT2D eigenvalue weighted by atomic mass is 10.1. The molecule has 1 aliphatic rings. The van der Waals surface area contributed by atoms with Gasteiger partial charge in [-0.15, -0.1) is 11.0 Å². The minimum absolute atomic E-state index is 0.282. The predicted molar refractivity (Wildman–Crippen MR) is 122 cm³/mol. The van der Waals surface area contributed by atoms with Gasteiger partial charge in [-0.2, -0.15) is 5.10 Å². The molecule has 1 aliphatic heterocycles. The zero-order valence-corrected chi connectivity index (χ0v) is 20.6. The minimum Gasteiger partial charge on any atom is -0.361 e. The third-order valence-electron chi connectivity index (χ3n) is 5.48. The first-order valence-electron chi connectivity index (χ1n) is 9.99. The molecule has 0 unspecified atom stereocenters. The average molecular weight is 437 g/mol. The summed E-state index contributed by atoms with van der Waals surface area (Å²) in [6.45, 7) is 14.5. The number of carbonyl (C=O) groups is 1. The third-order valence-corrected chi connectivity index (χ3v) is 12.3. The molecule has 0 bridgehead atoms. The summed E-state index contributed by atoms with van der Waals surface area (Å²) < 4.78 is 7.66. The van der Waals surface area contributed by atoms with Gasteiger partial charge in [0.05, 0.1) is 23.0 Å². The maximum absolute atomic E-state index is 12.4. The molecule has 1 radical (unpaired) electrons. The zero-order chi connectivity index (χ0) is 20.9. The molecule has 28 heavy (non-hydrogen) atoms. The quantitative estimate of drug-likeness (QED) is 0.329. The van der Waals surface area contributed by atoms with Crippen LogP contribution in [-0.4, -0.2) is 39.4 Å². The number of nitrogens with zero attached hydrogens (tertiary/aromatic N) is 3. The van der Waals surface area contributed by atoms with Gasteiger partial charge in [0, 0.05) is 14.7 Å². The first kappa shape index (κ1) is 22.9. The summed E-state index contributed by atoms with van der Waals surface area (Å²) >= 11 is 6.66. The summed E-state index contributed by atoms with van der Waals surface area (Å²) in [6.07, 6.45) is 1.57. The Balaban J connectivity index is 2.39. The molecular formula is C20H31ClN3O2Si2. The molecule has 0 saturated carbocycles. The molecule has 0 aliphatic carbocycles. The molecule has 1 aromatic heterocycles. The number of hydrogen-bond acceptors (Lipinski definition) is 3. The lowest BCUT2D eigenvalue weighted by Crippen LogP contribution is -2.29. The third kappa shape index (κ3) is 5.17. The van der Waals surface area contributed by atoms with Crippen molar-refractivity contribution in [3.8, 4) is 11.5 Å². The van der Waals surface area contributed by atoms with Crippen LogP contribution in [0.3, 0.4) is 0 Å². The second kappa shape index (κ2) is 9.44. The van der Waals surface area contributed by atoms with Crippen LogP contribution >= 0.6 is 11.6 Å². The molecule has 1 aromatic rings. The maximum atomic E-state index is 12.4. The number of halogens is 1. The van der Waals surface area contributed by atoms with Gasteiger partial charge < -0.3 is 9.30 Å². The lowest BCUT2D eigenvalue weighted by molar-refractivity contribution is 0.0866. The first-order chi connectivity index (χ1) is 13.2. The largest absolute Gasteiger partial charge is 0.361 e. The van der Waals surface area contributed by atoms with E-state index in [1.807, 2.05) is 0 Å². The Morgan fingerprint density at radius 3 is 2.39 bits per heavy atom. The summed E-state index contributed by atoms with van der Waals surface area (Å²) in [5.74, 6) is 2.88. The Kier molecular flexibility index (Phi) is 7.74. The normalized spacial score (nSPS) is 13.8. The Morgan fingerprint density at radius 1 is 1.18 bits per heavy atom. The second-order valence-corrected chi connectivity index (χ2v) is 19.4. The molecule has 153 valence electrons. The Bertz CT molecular complexity index is 804. The van der Waals surface area contributed by atoms with Gasteiger partial charge in [0.15, 0.2) is 0 Å². The second-order valence-electron chi connectivity index (χ2n) is 8.44. The molecule has 5 nitrogen and oxygen atoms in total. The zero-order valence-electron chi connectivity index (χ0n) is 17.9. The van der Waals surface area contributed by atoms with Crippen LogP contribution < -0.4 is 5.43 Å². The van der Waals surface area contributed by atoms with E-state index in [-0.39, 0.29) is 12.6 Å². The Hall–Kier alpha value is -1.34. The van der Waals surface area contributed by atoms with Crippen molar-refractivity contribution in [2.45, 2.75) is 71.3 Å². The van der Waals surface area contributed by atoms with Crippen molar-refractivity contribution in [1.82, 2.24) is 9.99 Å². The van der Waals surface area contributed by atoms with Crippen molar-refractivity contribution in [3.63, 3.8) is 0 Å². The fourth-order valence-corrected chi connectivity index (χ4v) is 6.59. The highest BCUT2D eigenvalue weighted by molar-refractivity contribution is 6.87. The van der Waals surface area contributed by atoms with Crippen molar-refractivity contribution in [3.05, 3.63) is 22.0 Å². The topological polar surface area (TPSA) is 57.7 Å². The van der Waals surface area contributed by atoms with E-state index in [1.165, 1.54) is 0 Å². The number of aromatic nitrogens is 1. The molecule has 1 amide bonds. The SMILES string of the molecule is CC[Si](C#Cc1c2c(n(COCC[Si](C)(C)C)c1Cl)C=N[N]C2=O)(CC)CC. The Morgan fingerprint density at radius 2 is 1.82 bits per heavy atom. The first-order valence-corrected chi connectivity index (χ1v) is 16.7. The van der Waals surface area contributed by atoms with Gasteiger partial charge >= 0.3 is 0 Å². The standard InChI is InChI=1S/C20H31ClN3O2Si2/c1-7-28(8-2,9-3)12-10-16-18-17(14-22-23-20(18)25)24(19(16)21)15-26-11-13-27(4,5)6/h14H,7-9,11,13,15H2,1-6H3. The molecule has 0 saturated heterocycles. The van der Waals surface area contributed by atoms with Crippen LogP contribution in [-0.2, 0) is 11.5 Å². The summed E-state index contributed by atoms with van der Waals surface area (Å²) in [5.41, 5.74) is 8.87. The number of carbonyl (C=O) groups excluding carboxylic acids is 1. The van der Waals surface area contributed by atoms with Crippen molar-refractivity contribution in [2.24, 2.45) is 5.10 Å². The fourth-order valence-electron chi connectivity index (χ4n) is 3.13. The van der Waals surface area contributed by atoms with Gasteiger partial charge in [-0.25, -0.2) is 0 Å². The van der Waals surface area contributed by atoms with Gasteiger partial charge in [0.2, 0.25) is 0 Å². The molecule has 0 spiro atoms. The highest BCUT2D eigenvalue weighted by Crippen LogP contribution is 2.29. The van der Waals surface area contributed by atoms with Crippen LogP contribution in [0.5, 0.6) is 0 Å². The van der Waals surface area contributed by atoms with Crippen LogP contribution in [0, 0.1) is 11.5 Å². The molecule has 2 heterocycles. The molecule has 0 fully saturated rings. The van der Waals surface area contributed by atoms with Crippen LogP contribution in [0.15, 0.2) is 5.10 Å². The van der Waals surface area contributed by atoms with Gasteiger partial charge in [-0.05, 0) is 24.2 Å². The predicted octanol–water partition coefficient (Wildman–Crippen LogP) is 4.95. The minimum atomic E-state index is -1.66. The van der Waals surface area contributed by atoms with Gasteiger partial charge in [0.25, 0.3) is 5.91 Å². The number of rotatable bonds is 8. The summed E-state index contributed by atoms with van der Waals surface area (Å²) in [6, 6.07) is 4.34. The van der Waals surface area contributed by atoms with Crippen molar-refractivity contribution < 1.29 is 9.53 Å². The van der Waals surface area contributed by atoms with Gasteiger partial charge in [-0.3, -0.25) is 4.79 Å². The van der Waals surface area contributed by atoms with E-state index in [9.17, 15) is 4.79 Å². The van der Waals surface area contributed by atoms with E-state index < -0.39 is 16.1 Å². The van der Waals surface area contributed by atoms with Crippen LogP contribution in [0.4, 0.5) is 0 Å². The fraction of sp³-hybridized carbons (Fsp3) is 0.600. The summed E-state index contributed by atoms with van der Waals surface area (Å²) in [5, 5.41) is 4.26.